The number of hydrogen-bond acceptors (Lipinski definition) is 7. The van der Waals surface area contributed by atoms with Crippen molar-refractivity contribution in [2.24, 2.45) is 0 Å². The molecular weight excluding hydrogens is 384 g/mol. The van der Waals surface area contributed by atoms with Gasteiger partial charge in [-0.05, 0) is 30.3 Å². The zero-order chi connectivity index (χ0) is 21.1. The van der Waals surface area contributed by atoms with Crippen molar-refractivity contribution in [3.8, 4) is 5.82 Å². The highest BCUT2D eigenvalue weighted by molar-refractivity contribution is 5.68. The summed E-state index contributed by atoms with van der Waals surface area (Å²) in [4.78, 5) is 22.3. The molecule has 4 rings (SSSR count). The number of ether oxygens (including phenoxy) is 1. The van der Waals surface area contributed by atoms with Crippen LogP contribution in [0, 0.1) is 10.1 Å². The van der Waals surface area contributed by atoms with E-state index in [-0.39, 0.29) is 17.4 Å². The number of pyridine rings is 1. The Bertz CT molecular complexity index is 1030. The minimum Gasteiger partial charge on any atom is -0.378 e. The monoisotopic (exact) mass is 408 g/mol. The van der Waals surface area contributed by atoms with Crippen molar-refractivity contribution >= 4 is 22.9 Å². The molecule has 30 heavy (non-hydrogen) atoms. The Morgan fingerprint density at radius 2 is 1.87 bits per heavy atom. The molecule has 3 heterocycles. The van der Waals surface area contributed by atoms with Crippen LogP contribution in [0.3, 0.4) is 0 Å². The largest absolute Gasteiger partial charge is 0.378 e. The molecule has 1 fully saturated rings. The average Bonchev–Trinajstić information content (AvgIpc) is 3.25. The number of anilines is 3. The maximum atomic E-state index is 11.5. The number of nitrogens with one attached hydrogen (secondary N) is 1. The molecule has 1 aliphatic heterocycles. The van der Waals surface area contributed by atoms with Crippen LogP contribution in [0.2, 0.25) is 0 Å². The zero-order valence-electron chi connectivity index (χ0n) is 17.0. The van der Waals surface area contributed by atoms with Gasteiger partial charge >= 0.3 is 5.69 Å². The molecule has 1 saturated heterocycles. The van der Waals surface area contributed by atoms with E-state index in [1.54, 1.807) is 12.3 Å². The normalized spacial score (nSPS) is 14.2. The maximum Gasteiger partial charge on any atom is 0.311 e. The highest BCUT2D eigenvalue weighted by Gasteiger charge is 2.19. The Labute approximate surface area is 174 Å². The van der Waals surface area contributed by atoms with Crippen LogP contribution in [0.5, 0.6) is 0 Å². The quantitative estimate of drug-likeness (QED) is 0.488. The number of nitro groups is 1. The standard InChI is InChI=1S/C21H24N6O3/c1-15(2)21-22-9-10-26(21)19-8-7-18(27(28)29)20(24-19)23-16-3-5-17(6-4-16)25-11-13-30-14-12-25/h3-10,15H,11-14H2,1-2H3,(H,23,24). The Morgan fingerprint density at radius 1 is 1.13 bits per heavy atom. The molecule has 9 heteroatoms. The van der Waals surface area contributed by atoms with Gasteiger partial charge in [0, 0.05) is 48.8 Å². The van der Waals surface area contributed by atoms with E-state index in [2.05, 4.69) is 20.2 Å². The highest BCUT2D eigenvalue weighted by Crippen LogP contribution is 2.29. The van der Waals surface area contributed by atoms with Gasteiger partial charge in [-0.25, -0.2) is 9.97 Å². The Morgan fingerprint density at radius 3 is 2.53 bits per heavy atom. The fourth-order valence-corrected chi connectivity index (χ4v) is 3.46. The Hall–Kier alpha value is -3.46. The molecule has 0 unspecified atom stereocenters. The van der Waals surface area contributed by atoms with Crippen molar-refractivity contribution in [2.45, 2.75) is 19.8 Å². The van der Waals surface area contributed by atoms with Crippen LogP contribution >= 0.6 is 0 Å². The lowest BCUT2D eigenvalue weighted by Crippen LogP contribution is -2.36. The van der Waals surface area contributed by atoms with Gasteiger partial charge in [0.25, 0.3) is 0 Å². The van der Waals surface area contributed by atoms with Crippen LogP contribution in [0.1, 0.15) is 25.6 Å². The van der Waals surface area contributed by atoms with E-state index in [4.69, 9.17) is 4.74 Å². The maximum absolute atomic E-state index is 11.5. The van der Waals surface area contributed by atoms with Crippen molar-refractivity contribution in [1.82, 2.24) is 14.5 Å². The van der Waals surface area contributed by atoms with Crippen LogP contribution in [0.4, 0.5) is 22.9 Å². The third kappa shape index (κ3) is 4.11. The van der Waals surface area contributed by atoms with Crippen LogP contribution in [0.25, 0.3) is 5.82 Å². The van der Waals surface area contributed by atoms with Gasteiger partial charge in [-0.2, -0.15) is 0 Å². The molecule has 0 atom stereocenters. The number of imidazole rings is 1. The molecule has 1 aromatic carbocycles. The lowest BCUT2D eigenvalue weighted by molar-refractivity contribution is -0.384. The first-order valence-corrected chi connectivity index (χ1v) is 9.92. The average molecular weight is 408 g/mol. The van der Waals surface area contributed by atoms with E-state index >= 15 is 0 Å². The zero-order valence-corrected chi connectivity index (χ0v) is 17.0. The molecule has 0 bridgehead atoms. The van der Waals surface area contributed by atoms with Gasteiger partial charge in [0.1, 0.15) is 11.6 Å². The van der Waals surface area contributed by atoms with Crippen molar-refractivity contribution in [1.29, 1.82) is 0 Å². The summed E-state index contributed by atoms with van der Waals surface area (Å²) >= 11 is 0. The molecule has 0 aliphatic carbocycles. The molecule has 0 saturated carbocycles. The number of aromatic nitrogens is 3. The number of nitrogens with zero attached hydrogens (tertiary/aromatic N) is 5. The highest BCUT2D eigenvalue weighted by atomic mass is 16.6. The summed E-state index contributed by atoms with van der Waals surface area (Å²) < 4.78 is 7.24. The summed E-state index contributed by atoms with van der Waals surface area (Å²) in [5.41, 5.74) is 1.75. The predicted molar refractivity (Wildman–Crippen MR) is 115 cm³/mol. The van der Waals surface area contributed by atoms with E-state index in [1.165, 1.54) is 6.07 Å². The first-order valence-electron chi connectivity index (χ1n) is 9.92. The lowest BCUT2D eigenvalue weighted by atomic mass is 10.2. The Balaban J connectivity index is 1.62. The summed E-state index contributed by atoms with van der Waals surface area (Å²) in [7, 11) is 0. The first-order chi connectivity index (χ1) is 14.5. The molecule has 3 aromatic rings. The van der Waals surface area contributed by atoms with Crippen LogP contribution < -0.4 is 10.2 Å². The van der Waals surface area contributed by atoms with Crippen LogP contribution in [0.15, 0.2) is 48.8 Å². The van der Waals surface area contributed by atoms with Gasteiger partial charge in [0.15, 0.2) is 0 Å². The van der Waals surface area contributed by atoms with E-state index in [0.717, 1.165) is 43.5 Å². The van der Waals surface area contributed by atoms with E-state index in [9.17, 15) is 10.1 Å². The fourth-order valence-electron chi connectivity index (χ4n) is 3.46. The van der Waals surface area contributed by atoms with Crippen molar-refractivity contribution in [3.63, 3.8) is 0 Å². The molecule has 0 amide bonds. The molecular formula is C21H24N6O3. The van der Waals surface area contributed by atoms with E-state index in [1.807, 2.05) is 48.9 Å². The number of hydrogen-bond donors (Lipinski definition) is 1. The van der Waals surface area contributed by atoms with Crippen molar-refractivity contribution < 1.29 is 9.66 Å². The minimum absolute atomic E-state index is 0.0813. The van der Waals surface area contributed by atoms with Crippen molar-refractivity contribution in [2.75, 3.05) is 36.5 Å². The van der Waals surface area contributed by atoms with Crippen LogP contribution in [-0.2, 0) is 4.74 Å². The summed E-state index contributed by atoms with van der Waals surface area (Å²) in [5, 5.41) is 14.6. The second-order valence-corrected chi connectivity index (χ2v) is 7.38. The molecule has 9 nitrogen and oxygen atoms in total. The number of benzene rings is 1. The van der Waals surface area contributed by atoms with Gasteiger partial charge < -0.3 is 15.0 Å². The third-order valence-electron chi connectivity index (χ3n) is 4.99. The summed E-state index contributed by atoms with van der Waals surface area (Å²) in [5.74, 6) is 1.81. The van der Waals surface area contributed by atoms with Gasteiger partial charge in [-0.3, -0.25) is 14.7 Å². The molecule has 2 aromatic heterocycles. The molecule has 0 spiro atoms. The number of rotatable bonds is 6. The number of morpholine rings is 1. The van der Waals surface area contributed by atoms with E-state index < -0.39 is 4.92 Å². The lowest BCUT2D eigenvalue weighted by Gasteiger charge is -2.28. The second kappa shape index (κ2) is 8.50. The smallest absolute Gasteiger partial charge is 0.311 e. The predicted octanol–water partition coefficient (Wildman–Crippen LogP) is 3.88. The topological polar surface area (TPSA) is 98.3 Å². The summed E-state index contributed by atoms with van der Waals surface area (Å²) in [6, 6.07) is 10.9. The fraction of sp³-hybridized carbons (Fsp3) is 0.333. The van der Waals surface area contributed by atoms with Gasteiger partial charge in [-0.1, -0.05) is 13.8 Å². The van der Waals surface area contributed by atoms with Gasteiger partial charge in [0.2, 0.25) is 5.82 Å². The first kappa shape index (κ1) is 19.8. The third-order valence-corrected chi connectivity index (χ3v) is 4.99. The Kier molecular flexibility index (Phi) is 5.62. The van der Waals surface area contributed by atoms with E-state index in [0.29, 0.717) is 5.82 Å². The molecule has 156 valence electrons. The second-order valence-electron chi connectivity index (χ2n) is 7.38. The van der Waals surface area contributed by atoms with Crippen LogP contribution in [-0.4, -0.2) is 45.8 Å². The summed E-state index contributed by atoms with van der Waals surface area (Å²) in [6.45, 7) is 7.22. The molecule has 1 N–H and O–H groups in total. The van der Waals surface area contributed by atoms with Gasteiger partial charge in [0.05, 0.1) is 18.1 Å². The SMILES string of the molecule is CC(C)c1nccn1-c1ccc([N+](=O)[O-])c(Nc2ccc(N3CCOCC3)cc2)n1. The molecule has 0 radical (unpaired) electrons. The van der Waals surface area contributed by atoms with Crippen molar-refractivity contribution in [3.05, 3.63) is 64.7 Å². The summed E-state index contributed by atoms with van der Waals surface area (Å²) in [6.07, 6.45) is 3.51. The minimum atomic E-state index is -0.432. The van der Waals surface area contributed by atoms with Gasteiger partial charge in [-0.15, -0.1) is 0 Å². The molecule has 1 aliphatic rings.